The summed E-state index contributed by atoms with van der Waals surface area (Å²) in [6, 6.07) is 15.4. The lowest BCUT2D eigenvalue weighted by Crippen LogP contribution is -2.15. The number of carbonyl (C=O) groups is 1. The highest BCUT2D eigenvalue weighted by Crippen LogP contribution is 2.34. The summed E-state index contributed by atoms with van der Waals surface area (Å²) in [5.41, 5.74) is 1.86. The van der Waals surface area contributed by atoms with E-state index in [2.05, 4.69) is 32.6 Å². The van der Waals surface area contributed by atoms with E-state index in [0.29, 0.717) is 17.9 Å². The summed E-state index contributed by atoms with van der Waals surface area (Å²) in [6.45, 7) is 9.11. The van der Waals surface area contributed by atoms with Crippen molar-refractivity contribution < 1.29 is 14.3 Å². The standard InChI is InChI=1S/C37H54O3/c1-4-6-7-8-11-14-31-15-17-32(18-16-31)19-20-33-21-25-36(26-22-33)40-37(38)34-23-27-35(28-24-34)39-29-12-9-10-13-30(3)5-2/h4,21-28,30-32H,1,5-20,29H2,2-3H3/t30-,31-,32-/m0/s1. The zero-order valence-electron chi connectivity index (χ0n) is 25.4. The molecule has 3 nitrogen and oxygen atoms in total. The third-order valence-corrected chi connectivity index (χ3v) is 8.86. The second-order valence-electron chi connectivity index (χ2n) is 12.1. The third-order valence-electron chi connectivity index (χ3n) is 8.86. The van der Waals surface area contributed by atoms with Gasteiger partial charge in [0.1, 0.15) is 11.5 Å². The Morgan fingerprint density at radius 2 is 1.50 bits per heavy atom. The molecule has 40 heavy (non-hydrogen) atoms. The number of rotatable bonds is 19. The first kappa shape index (κ1) is 32.0. The van der Waals surface area contributed by atoms with Gasteiger partial charge in [-0.25, -0.2) is 4.79 Å². The predicted octanol–water partition coefficient (Wildman–Crippen LogP) is 10.8. The zero-order valence-corrected chi connectivity index (χ0v) is 25.4. The van der Waals surface area contributed by atoms with Crippen LogP contribution in [0, 0.1) is 17.8 Å². The summed E-state index contributed by atoms with van der Waals surface area (Å²) in [4.78, 5) is 12.6. The third kappa shape index (κ3) is 12.3. The summed E-state index contributed by atoms with van der Waals surface area (Å²) in [6.07, 6.45) is 22.7. The maximum Gasteiger partial charge on any atom is 0.343 e. The molecular weight excluding hydrogens is 492 g/mol. The van der Waals surface area contributed by atoms with Crippen molar-refractivity contribution in [3.8, 4) is 11.5 Å². The highest BCUT2D eigenvalue weighted by Gasteiger charge is 2.20. The lowest BCUT2D eigenvalue weighted by atomic mass is 9.78. The van der Waals surface area contributed by atoms with E-state index in [0.717, 1.165) is 36.3 Å². The molecule has 0 radical (unpaired) electrons. The van der Waals surface area contributed by atoms with Crippen LogP contribution in [0.5, 0.6) is 11.5 Å². The Morgan fingerprint density at radius 1 is 0.850 bits per heavy atom. The number of esters is 1. The molecule has 1 aliphatic carbocycles. The molecule has 0 N–H and O–H groups in total. The van der Waals surface area contributed by atoms with Crippen LogP contribution in [0.4, 0.5) is 0 Å². The van der Waals surface area contributed by atoms with Crippen LogP contribution in [0.1, 0.15) is 126 Å². The average Bonchev–Trinajstić information content (AvgIpc) is 2.99. The first-order valence-corrected chi connectivity index (χ1v) is 16.2. The Morgan fingerprint density at radius 3 is 2.17 bits per heavy atom. The molecule has 0 spiro atoms. The fourth-order valence-corrected chi connectivity index (χ4v) is 5.82. The van der Waals surface area contributed by atoms with Crippen LogP contribution in [0.2, 0.25) is 0 Å². The molecule has 220 valence electrons. The molecule has 0 amide bonds. The highest BCUT2D eigenvalue weighted by molar-refractivity contribution is 5.91. The second-order valence-corrected chi connectivity index (χ2v) is 12.1. The Kier molecular flexibility index (Phi) is 15.0. The van der Waals surface area contributed by atoms with Gasteiger partial charge in [-0.3, -0.25) is 0 Å². The predicted molar refractivity (Wildman–Crippen MR) is 168 cm³/mol. The molecule has 1 atom stereocenters. The van der Waals surface area contributed by atoms with E-state index in [1.807, 2.05) is 30.3 Å². The number of benzene rings is 2. The van der Waals surface area contributed by atoms with Crippen LogP contribution in [0.15, 0.2) is 61.2 Å². The summed E-state index contributed by atoms with van der Waals surface area (Å²) >= 11 is 0. The largest absolute Gasteiger partial charge is 0.494 e. The maximum absolute atomic E-state index is 12.6. The van der Waals surface area contributed by atoms with Crippen molar-refractivity contribution in [2.45, 2.75) is 117 Å². The van der Waals surface area contributed by atoms with Gasteiger partial charge in [0, 0.05) is 0 Å². The van der Waals surface area contributed by atoms with Gasteiger partial charge in [-0.1, -0.05) is 103 Å². The molecule has 2 aromatic carbocycles. The Balaban J connectivity index is 1.30. The fraction of sp³-hybridized carbons (Fsp3) is 0.595. The van der Waals surface area contributed by atoms with Gasteiger partial charge in [0.15, 0.2) is 0 Å². The van der Waals surface area contributed by atoms with Gasteiger partial charge in [-0.15, -0.1) is 6.58 Å². The van der Waals surface area contributed by atoms with E-state index >= 15 is 0 Å². The van der Waals surface area contributed by atoms with Gasteiger partial charge in [-0.2, -0.15) is 0 Å². The maximum atomic E-state index is 12.6. The molecule has 0 bridgehead atoms. The van der Waals surface area contributed by atoms with E-state index in [1.54, 1.807) is 12.1 Å². The molecule has 0 aromatic heterocycles. The van der Waals surface area contributed by atoms with Crippen molar-refractivity contribution in [3.63, 3.8) is 0 Å². The lowest BCUT2D eigenvalue weighted by Gasteiger charge is -2.28. The van der Waals surface area contributed by atoms with Gasteiger partial charge < -0.3 is 9.47 Å². The Bertz CT molecular complexity index is 954. The summed E-state index contributed by atoms with van der Waals surface area (Å²) in [5, 5.41) is 0. The number of hydrogen-bond acceptors (Lipinski definition) is 3. The molecule has 0 heterocycles. The second kappa shape index (κ2) is 18.7. The van der Waals surface area contributed by atoms with Crippen molar-refractivity contribution in [3.05, 3.63) is 72.3 Å². The first-order chi connectivity index (χ1) is 19.6. The van der Waals surface area contributed by atoms with Gasteiger partial charge in [0.2, 0.25) is 0 Å². The first-order valence-electron chi connectivity index (χ1n) is 16.2. The van der Waals surface area contributed by atoms with Crippen LogP contribution in [-0.4, -0.2) is 12.6 Å². The number of carbonyl (C=O) groups excluding carboxylic acids is 1. The molecule has 0 saturated heterocycles. The number of hydrogen-bond donors (Lipinski definition) is 0. The summed E-state index contributed by atoms with van der Waals surface area (Å²) in [5.74, 6) is 3.69. The molecule has 3 rings (SSSR count). The molecule has 2 aromatic rings. The molecule has 0 unspecified atom stereocenters. The Hall–Kier alpha value is -2.55. The van der Waals surface area contributed by atoms with E-state index in [4.69, 9.17) is 9.47 Å². The van der Waals surface area contributed by atoms with Crippen molar-refractivity contribution in [2.24, 2.45) is 17.8 Å². The van der Waals surface area contributed by atoms with Gasteiger partial charge in [0.05, 0.1) is 12.2 Å². The van der Waals surface area contributed by atoms with Crippen LogP contribution in [0.25, 0.3) is 0 Å². The minimum absolute atomic E-state index is 0.332. The van der Waals surface area contributed by atoms with Gasteiger partial charge in [-0.05, 0) is 91.8 Å². The van der Waals surface area contributed by atoms with E-state index in [-0.39, 0.29) is 5.97 Å². The average molecular weight is 547 g/mol. The smallest absolute Gasteiger partial charge is 0.343 e. The minimum atomic E-state index is -0.332. The molecular formula is C37H54O3. The monoisotopic (exact) mass is 546 g/mol. The fourth-order valence-electron chi connectivity index (χ4n) is 5.82. The highest BCUT2D eigenvalue weighted by atomic mass is 16.5. The van der Waals surface area contributed by atoms with Gasteiger partial charge in [0.25, 0.3) is 0 Å². The van der Waals surface area contributed by atoms with Gasteiger partial charge >= 0.3 is 5.97 Å². The zero-order chi connectivity index (χ0) is 28.4. The van der Waals surface area contributed by atoms with E-state index in [9.17, 15) is 4.79 Å². The number of unbranched alkanes of at least 4 members (excludes halogenated alkanes) is 5. The lowest BCUT2D eigenvalue weighted by molar-refractivity contribution is 0.0734. The topological polar surface area (TPSA) is 35.5 Å². The van der Waals surface area contributed by atoms with Crippen LogP contribution in [-0.2, 0) is 6.42 Å². The van der Waals surface area contributed by atoms with Crippen LogP contribution < -0.4 is 9.47 Å². The summed E-state index contributed by atoms with van der Waals surface area (Å²) < 4.78 is 11.5. The van der Waals surface area contributed by atoms with Crippen LogP contribution >= 0.6 is 0 Å². The number of aryl methyl sites for hydroxylation is 1. The Labute approximate surface area is 244 Å². The quantitative estimate of drug-likeness (QED) is 0.0760. The molecule has 1 fully saturated rings. The van der Waals surface area contributed by atoms with Crippen molar-refractivity contribution in [2.75, 3.05) is 6.61 Å². The molecule has 3 heteroatoms. The molecule has 1 aliphatic rings. The molecule has 0 aliphatic heterocycles. The minimum Gasteiger partial charge on any atom is -0.494 e. The van der Waals surface area contributed by atoms with Crippen molar-refractivity contribution in [1.29, 1.82) is 0 Å². The van der Waals surface area contributed by atoms with Crippen molar-refractivity contribution >= 4 is 5.97 Å². The number of allylic oxidation sites excluding steroid dienone is 1. The molecule has 1 saturated carbocycles. The van der Waals surface area contributed by atoms with Crippen molar-refractivity contribution in [1.82, 2.24) is 0 Å². The van der Waals surface area contributed by atoms with E-state index in [1.165, 1.54) is 95.5 Å². The normalized spacial score (nSPS) is 17.8. The van der Waals surface area contributed by atoms with E-state index < -0.39 is 0 Å². The summed E-state index contributed by atoms with van der Waals surface area (Å²) in [7, 11) is 0. The SMILES string of the molecule is C=CCCCCC[C@H]1CC[C@H](CCc2ccc(OC(=O)c3ccc(OCCCCC[C@@H](C)CC)cc3)cc2)CC1. The number of ether oxygens (including phenoxy) is 2. The van der Waals surface area contributed by atoms with Crippen LogP contribution in [0.3, 0.4) is 0 Å².